The van der Waals surface area contributed by atoms with Gasteiger partial charge in [-0.3, -0.25) is 4.79 Å². The smallest absolute Gasteiger partial charge is 0.153 e. The van der Waals surface area contributed by atoms with Gasteiger partial charge >= 0.3 is 0 Å². The Balaban J connectivity index is 2.04. The lowest BCUT2D eigenvalue weighted by Gasteiger charge is -2.19. The molecule has 0 radical (unpaired) electrons. The molecule has 2 aromatic rings. The van der Waals surface area contributed by atoms with Crippen molar-refractivity contribution < 1.29 is 4.79 Å². The van der Waals surface area contributed by atoms with Crippen molar-refractivity contribution in [1.29, 1.82) is 0 Å². The Morgan fingerprint density at radius 3 is 2.27 bits per heavy atom. The zero-order valence-corrected chi connectivity index (χ0v) is 14.2. The number of ketones is 1. The zero-order valence-electron chi connectivity index (χ0n) is 13.4. The van der Waals surface area contributed by atoms with Crippen molar-refractivity contribution in [3.8, 4) is 0 Å². The lowest BCUT2D eigenvalue weighted by molar-refractivity contribution is -0.123. The van der Waals surface area contributed by atoms with E-state index in [2.05, 4.69) is 48.0 Å². The molecule has 0 aromatic heterocycles. The molecule has 0 spiro atoms. The molecule has 0 amide bonds. The SMILES string of the molecule is Cc1ccc(SNC(Cc2ccccc2)C(=O)C(C)C)cc1. The van der Waals surface area contributed by atoms with E-state index in [9.17, 15) is 4.79 Å². The summed E-state index contributed by atoms with van der Waals surface area (Å²) in [7, 11) is 0. The minimum Gasteiger partial charge on any atom is -0.298 e. The number of carbonyl (C=O) groups is 1. The molecule has 2 nitrogen and oxygen atoms in total. The Kier molecular flexibility index (Phi) is 6.22. The molecule has 0 saturated heterocycles. The topological polar surface area (TPSA) is 29.1 Å². The van der Waals surface area contributed by atoms with Gasteiger partial charge < -0.3 is 0 Å². The van der Waals surface area contributed by atoms with E-state index in [1.54, 1.807) is 0 Å². The number of rotatable bonds is 7. The van der Waals surface area contributed by atoms with Crippen LogP contribution in [0.2, 0.25) is 0 Å². The standard InChI is InChI=1S/C19H23NOS/c1-14(2)19(21)18(13-16-7-5-4-6-8-16)20-22-17-11-9-15(3)10-12-17/h4-12,14,18,20H,13H2,1-3H3. The van der Waals surface area contributed by atoms with E-state index >= 15 is 0 Å². The predicted molar refractivity (Wildman–Crippen MR) is 94.0 cm³/mol. The normalized spacial score (nSPS) is 12.4. The molecule has 0 fully saturated rings. The summed E-state index contributed by atoms with van der Waals surface area (Å²) in [6.07, 6.45) is 0.719. The van der Waals surface area contributed by atoms with Crippen LogP contribution < -0.4 is 4.72 Å². The van der Waals surface area contributed by atoms with E-state index in [4.69, 9.17) is 0 Å². The lowest BCUT2D eigenvalue weighted by atomic mass is 9.97. The largest absolute Gasteiger partial charge is 0.298 e. The lowest BCUT2D eigenvalue weighted by Crippen LogP contribution is -2.37. The summed E-state index contributed by atoms with van der Waals surface area (Å²) in [5, 5.41) is 0. The highest BCUT2D eigenvalue weighted by molar-refractivity contribution is 7.97. The summed E-state index contributed by atoms with van der Waals surface area (Å²) >= 11 is 1.53. The van der Waals surface area contributed by atoms with Crippen LogP contribution in [0.3, 0.4) is 0 Å². The molecule has 0 bridgehead atoms. The predicted octanol–water partition coefficient (Wildman–Crippen LogP) is 4.43. The molecule has 2 aromatic carbocycles. The summed E-state index contributed by atoms with van der Waals surface area (Å²) in [4.78, 5) is 13.6. The maximum atomic E-state index is 12.4. The average Bonchev–Trinajstić information content (AvgIpc) is 2.53. The molecule has 0 heterocycles. The average molecular weight is 313 g/mol. The van der Waals surface area contributed by atoms with E-state index in [0.29, 0.717) is 0 Å². The van der Waals surface area contributed by atoms with Crippen molar-refractivity contribution in [2.24, 2.45) is 5.92 Å². The van der Waals surface area contributed by atoms with Gasteiger partial charge in [0.25, 0.3) is 0 Å². The molecule has 0 aliphatic heterocycles. The van der Waals surface area contributed by atoms with Gasteiger partial charge in [-0.15, -0.1) is 0 Å². The third-order valence-electron chi connectivity index (χ3n) is 3.54. The van der Waals surface area contributed by atoms with Crippen molar-refractivity contribution in [2.45, 2.75) is 38.1 Å². The fourth-order valence-corrected chi connectivity index (χ4v) is 2.95. The minimum atomic E-state index is -0.172. The van der Waals surface area contributed by atoms with Crippen LogP contribution in [-0.4, -0.2) is 11.8 Å². The summed E-state index contributed by atoms with van der Waals surface area (Å²) in [5.74, 6) is 0.281. The Morgan fingerprint density at radius 1 is 1.05 bits per heavy atom. The summed E-state index contributed by atoms with van der Waals surface area (Å²) < 4.78 is 3.35. The molecule has 116 valence electrons. The van der Waals surface area contributed by atoms with Crippen molar-refractivity contribution in [3.05, 3.63) is 65.7 Å². The number of hydrogen-bond acceptors (Lipinski definition) is 3. The number of carbonyl (C=O) groups excluding carboxylic acids is 1. The molecular weight excluding hydrogens is 290 g/mol. The number of nitrogens with one attached hydrogen (secondary N) is 1. The van der Waals surface area contributed by atoms with E-state index < -0.39 is 0 Å². The first kappa shape index (κ1) is 16.8. The van der Waals surface area contributed by atoms with Gasteiger partial charge in [-0.25, -0.2) is 4.72 Å². The van der Waals surface area contributed by atoms with Crippen LogP contribution in [0.15, 0.2) is 59.5 Å². The number of benzene rings is 2. The summed E-state index contributed by atoms with van der Waals surface area (Å²) in [6, 6.07) is 18.3. The van der Waals surface area contributed by atoms with Gasteiger partial charge in [0, 0.05) is 10.8 Å². The Bertz CT molecular complexity index is 593. The highest BCUT2D eigenvalue weighted by atomic mass is 32.2. The fourth-order valence-electron chi connectivity index (χ4n) is 2.20. The molecule has 1 atom stereocenters. The van der Waals surface area contributed by atoms with Gasteiger partial charge in [-0.1, -0.05) is 61.9 Å². The van der Waals surface area contributed by atoms with Crippen molar-refractivity contribution in [2.75, 3.05) is 0 Å². The first-order valence-corrected chi connectivity index (χ1v) is 8.44. The maximum Gasteiger partial charge on any atom is 0.153 e. The van der Waals surface area contributed by atoms with Gasteiger partial charge in [0.15, 0.2) is 5.78 Å². The van der Waals surface area contributed by atoms with E-state index in [1.807, 2.05) is 32.0 Å². The molecular formula is C19H23NOS. The second kappa shape index (κ2) is 8.16. The fraction of sp³-hybridized carbons (Fsp3) is 0.316. The van der Waals surface area contributed by atoms with Crippen molar-refractivity contribution in [1.82, 2.24) is 4.72 Å². The number of aryl methyl sites for hydroxylation is 1. The highest BCUT2D eigenvalue weighted by Crippen LogP contribution is 2.18. The molecule has 0 aliphatic rings. The number of hydrogen-bond donors (Lipinski definition) is 1. The first-order valence-electron chi connectivity index (χ1n) is 7.63. The summed E-state index contributed by atoms with van der Waals surface area (Å²) in [5.41, 5.74) is 2.42. The van der Waals surface area contributed by atoms with E-state index in [1.165, 1.54) is 23.1 Å². The number of Topliss-reactive ketones (excluding diaryl/α,β-unsaturated/α-hetero) is 1. The van der Waals surface area contributed by atoms with Gasteiger partial charge in [-0.2, -0.15) is 0 Å². The van der Waals surface area contributed by atoms with Gasteiger partial charge in [-0.05, 0) is 43.0 Å². The molecule has 1 unspecified atom stereocenters. The molecule has 0 saturated carbocycles. The van der Waals surface area contributed by atoms with Crippen LogP contribution in [0.4, 0.5) is 0 Å². The van der Waals surface area contributed by atoms with Crippen LogP contribution in [0.5, 0.6) is 0 Å². The molecule has 2 rings (SSSR count). The molecule has 1 N–H and O–H groups in total. The van der Waals surface area contributed by atoms with Crippen LogP contribution in [0.25, 0.3) is 0 Å². The van der Waals surface area contributed by atoms with E-state index in [-0.39, 0.29) is 17.7 Å². The highest BCUT2D eigenvalue weighted by Gasteiger charge is 2.21. The molecule has 3 heteroatoms. The van der Waals surface area contributed by atoms with Gasteiger partial charge in [0.1, 0.15) is 0 Å². The third kappa shape index (κ3) is 5.00. The molecule has 22 heavy (non-hydrogen) atoms. The molecule has 0 aliphatic carbocycles. The second-order valence-corrected chi connectivity index (χ2v) is 6.74. The Morgan fingerprint density at radius 2 is 1.68 bits per heavy atom. The van der Waals surface area contributed by atoms with Crippen LogP contribution in [0, 0.1) is 12.8 Å². The minimum absolute atomic E-state index is 0.0276. The maximum absolute atomic E-state index is 12.4. The van der Waals surface area contributed by atoms with Gasteiger partial charge in [0.2, 0.25) is 0 Å². The first-order chi connectivity index (χ1) is 10.6. The summed E-state index contributed by atoms with van der Waals surface area (Å²) in [6.45, 7) is 5.99. The van der Waals surface area contributed by atoms with Crippen molar-refractivity contribution >= 4 is 17.7 Å². The van der Waals surface area contributed by atoms with Crippen LogP contribution >= 0.6 is 11.9 Å². The third-order valence-corrected chi connectivity index (χ3v) is 4.45. The van der Waals surface area contributed by atoms with E-state index in [0.717, 1.165) is 11.3 Å². The Labute approximate surface area is 137 Å². The monoisotopic (exact) mass is 313 g/mol. The zero-order chi connectivity index (χ0) is 15.9. The van der Waals surface area contributed by atoms with Crippen LogP contribution in [-0.2, 0) is 11.2 Å². The quantitative estimate of drug-likeness (QED) is 0.767. The van der Waals surface area contributed by atoms with Gasteiger partial charge in [0.05, 0.1) is 6.04 Å². The second-order valence-electron chi connectivity index (χ2n) is 5.83. The Hall–Kier alpha value is -1.58. The van der Waals surface area contributed by atoms with Crippen LogP contribution in [0.1, 0.15) is 25.0 Å². The van der Waals surface area contributed by atoms with Crippen molar-refractivity contribution in [3.63, 3.8) is 0 Å².